The van der Waals surface area contributed by atoms with Crippen LogP contribution in [0.25, 0.3) is 0 Å². The Kier molecular flexibility index (Phi) is 5.55. The fourth-order valence-corrected chi connectivity index (χ4v) is 3.65. The van der Waals surface area contributed by atoms with Gasteiger partial charge in [0, 0.05) is 25.7 Å². The zero-order valence-electron chi connectivity index (χ0n) is 16.2. The summed E-state index contributed by atoms with van der Waals surface area (Å²) < 4.78 is 24.2. The van der Waals surface area contributed by atoms with E-state index in [4.69, 9.17) is 9.15 Å². The molecule has 3 heterocycles. The second-order valence-electron chi connectivity index (χ2n) is 7.12. The zero-order valence-corrected chi connectivity index (χ0v) is 16.2. The molecule has 0 aliphatic carbocycles. The summed E-state index contributed by atoms with van der Waals surface area (Å²) in [5.41, 5.74) is 1.42. The Morgan fingerprint density at radius 1 is 1.28 bits per heavy atom. The lowest BCUT2D eigenvalue weighted by Gasteiger charge is -2.31. The number of carbonyl (C=O) groups is 1. The van der Waals surface area contributed by atoms with Crippen molar-refractivity contribution in [3.63, 3.8) is 0 Å². The second-order valence-corrected chi connectivity index (χ2v) is 7.12. The number of amides is 1. The van der Waals surface area contributed by atoms with Gasteiger partial charge in [0.15, 0.2) is 5.89 Å². The summed E-state index contributed by atoms with van der Waals surface area (Å²) in [5.74, 6) is 1.37. The average Bonchev–Trinajstić information content (AvgIpc) is 3.23. The number of ether oxygens (including phenoxy) is 1. The summed E-state index contributed by atoms with van der Waals surface area (Å²) in [5, 5.41) is 0. The first kappa shape index (κ1) is 19.1. The maximum atomic E-state index is 13.1. The molecule has 150 valence electrons. The van der Waals surface area contributed by atoms with Gasteiger partial charge in [-0.3, -0.25) is 4.79 Å². The number of oxazole rings is 1. The van der Waals surface area contributed by atoms with Crippen LogP contribution in [0.4, 0.5) is 4.39 Å². The normalized spacial score (nSPS) is 16.6. The van der Waals surface area contributed by atoms with Crippen molar-refractivity contribution in [2.24, 2.45) is 0 Å². The van der Waals surface area contributed by atoms with Gasteiger partial charge in [0.25, 0.3) is 5.91 Å². The van der Waals surface area contributed by atoms with Crippen molar-refractivity contribution in [3.8, 4) is 5.88 Å². The number of pyridine rings is 1. The van der Waals surface area contributed by atoms with Gasteiger partial charge in [-0.1, -0.05) is 12.1 Å². The van der Waals surface area contributed by atoms with Crippen molar-refractivity contribution in [1.82, 2.24) is 14.9 Å². The van der Waals surface area contributed by atoms with Crippen LogP contribution in [-0.2, 0) is 6.42 Å². The lowest BCUT2D eigenvalue weighted by molar-refractivity contribution is 0.0693. The number of piperidine rings is 1. The van der Waals surface area contributed by atoms with Crippen molar-refractivity contribution < 1.29 is 18.3 Å². The largest absolute Gasteiger partial charge is 0.480 e. The van der Waals surface area contributed by atoms with Gasteiger partial charge in [-0.05, 0) is 42.7 Å². The van der Waals surface area contributed by atoms with E-state index in [1.807, 2.05) is 0 Å². The lowest BCUT2D eigenvalue weighted by atomic mass is 9.97. The van der Waals surface area contributed by atoms with Crippen LogP contribution in [0.1, 0.15) is 46.3 Å². The zero-order chi connectivity index (χ0) is 20.2. The number of likely N-dealkylation sites (tertiary alicyclic amines) is 1. The minimum atomic E-state index is -0.260. The number of rotatable bonds is 5. The Morgan fingerprint density at radius 3 is 2.90 bits per heavy atom. The molecule has 0 saturated carbocycles. The summed E-state index contributed by atoms with van der Waals surface area (Å²) in [6, 6.07) is 9.80. The molecule has 1 aliphatic heterocycles. The van der Waals surface area contributed by atoms with E-state index in [9.17, 15) is 9.18 Å². The second kappa shape index (κ2) is 8.43. The Hall–Kier alpha value is -3.22. The number of hydrogen-bond acceptors (Lipinski definition) is 5. The lowest BCUT2D eigenvalue weighted by Crippen LogP contribution is -2.39. The van der Waals surface area contributed by atoms with Crippen molar-refractivity contribution in [3.05, 3.63) is 77.4 Å². The first-order valence-corrected chi connectivity index (χ1v) is 9.61. The number of carbonyl (C=O) groups excluding carboxylic acids is 1. The molecule has 1 amide bonds. The van der Waals surface area contributed by atoms with E-state index in [1.54, 1.807) is 41.6 Å². The maximum Gasteiger partial charge on any atom is 0.259 e. The summed E-state index contributed by atoms with van der Waals surface area (Å²) in [6.07, 6.45) is 5.64. The van der Waals surface area contributed by atoms with Crippen LogP contribution >= 0.6 is 0 Å². The molecule has 4 rings (SSSR count). The third-order valence-electron chi connectivity index (χ3n) is 5.12. The summed E-state index contributed by atoms with van der Waals surface area (Å²) in [4.78, 5) is 23.3. The fraction of sp³-hybridized carbons (Fsp3) is 0.318. The Bertz CT molecular complexity index is 987. The molecule has 1 atom stereocenters. The summed E-state index contributed by atoms with van der Waals surface area (Å²) in [7, 11) is 1.51. The molecule has 0 N–H and O–H groups in total. The molecule has 0 unspecified atom stereocenters. The highest BCUT2D eigenvalue weighted by Gasteiger charge is 2.29. The quantitative estimate of drug-likeness (QED) is 0.657. The van der Waals surface area contributed by atoms with Crippen LogP contribution in [0.2, 0.25) is 0 Å². The minimum Gasteiger partial charge on any atom is -0.480 e. The van der Waals surface area contributed by atoms with Gasteiger partial charge in [-0.25, -0.2) is 14.4 Å². The van der Waals surface area contributed by atoms with Crippen molar-refractivity contribution in [2.45, 2.75) is 25.2 Å². The van der Waals surface area contributed by atoms with E-state index in [2.05, 4.69) is 9.97 Å². The smallest absolute Gasteiger partial charge is 0.259 e. The molecule has 1 fully saturated rings. The molecular weight excluding hydrogens is 373 g/mol. The predicted octanol–water partition coefficient (Wildman–Crippen LogP) is 3.83. The highest BCUT2D eigenvalue weighted by molar-refractivity contribution is 5.96. The van der Waals surface area contributed by atoms with Gasteiger partial charge in [0.1, 0.15) is 17.1 Å². The van der Waals surface area contributed by atoms with E-state index in [0.717, 1.165) is 24.2 Å². The van der Waals surface area contributed by atoms with Gasteiger partial charge in [-0.2, -0.15) is 0 Å². The third-order valence-corrected chi connectivity index (χ3v) is 5.12. The molecule has 6 nitrogen and oxygen atoms in total. The van der Waals surface area contributed by atoms with Gasteiger partial charge >= 0.3 is 0 Å². The molecule has 0 bridgehead atoms. The van der Waals surface area contributed by atoms with Crippen molar-refractivity contribution in [2.75, 3.05) is 20.2 Å². The average molecular weight is 395 g/mol. The minimum absolute atomic E-state index is 0.0392. The van der Waals surface area contributed by atoms with E-state index < -0.39 is 0 Å². The predicted molar refractivity (Wildman–Crippen MR) is 104 cm³/mol. The van der Waals surface area contributed by atoms with Crippen LogP contribution < -0.4 is 4.74 Å². The van der Waals surface area contributed by atoms with E-state index >= 15 is 0 Å². The molecule has 2 aromatic heterocycles. The number of halogens is 1. The number of benzene rings is 1. The number of nitrogens with zero attached hydrogens (tertiary/aromatic N) is 3. The standard InChI is InChI=1S/C22H22FN3O3/c1-28-21-19(5-2-10-24-21)22(27)26-11-3-4-16(14-26)20-25-13-18(29-20)12-15-6-8-17(23)9-7-15/h2,5-10,13,16H,3-4,11-12,14H2,1H3/t16-/m1/s1. The molecular formula is C22H22FN3O3. The monoisotopic (exact) mass is 395 g/mol. The molecule has 0 spiro atoms. The van der Waals surface area contributed by atoms with E-state index in [1.165, 1.54) is 19.2 Å². The SMILES string of the molecule is COc1ncccc1C(=O)N1CCC[C@@H](c2ncc(Cc3ccc(F)cc3)o2)C1. The number of aromatic nitrogens is 2. The van der Waals surface area contributed by atoms with Crippen LogP contribution in [0.3, 0.4) is 0 Å². The Labute approximate surface area is 168 Å². The van der Waals surface area contributed by atoms with Gasteiger partial charge in [-0.15, -0.1) is 0 Å². The van der Waals surface area contributed by atoms with E-state index in [0.29, 0.717) is 36.8 Å². The summed E-state index contributed by atoms with van der Waals surface area (Å²) in [6.45, 7) is 1.21. The molecule has 1 aromatic carbocycles. The van der Waals surface area contributed by atoms with Crippen LogP contribution in [0.15, 0.2) is 53.2 Å². The summed E-state index contributed by atoms with van der Waals surface area (Å²) >= 11 is 0. The van der Waals surface area contributed by atoms with Crippen LogP contribution in [0, 0.1) is 5.82 Å². The molecule has 1 saturated heterocycles. The molecule has 3 aromatic rings. The van der Waals surface area contributed by atoms with Gasteiger partial charge < -0.3 is 14.1 Å². The topological polar surface area (TPSA) is 68.5 Å². The first-order chi connectivity index (χ1) is 14.1. The number of methoxy groups -OCH3 is 1. The molecule has 7 heteroatoms. The molecule has 1 aliphatic rings. The van der Waals surface area contributed by atoms with E-state index in [-0.39, 0.29) is 17.6 Å². The van der Waals surface area contributed by atoms with Crippen LogP contribution in [0.5, 0.6) is 5.88 Å². The Balaban J connectivity index is 1.45. The fourth-order valence-electron chi connectivity index (χ4n) is 3.65. The molecule has 29 heavy (non-hydrogen) atoms. The Morgan fingerprint density at radius 2 is 2.10 bits per heavy atom. The first-order valence-electron chi connectivity index (χ1n) is 9.61. The number of hydrogen-bond donors (Lipinski definition) is 0. The van der Waals surface area contributed by atoms with Gasteiger partial charge in [0.2, 0.25) is 5.88 Å². The van der Waals surface area contributed by atoms with Crippen molar-refractivity contribution in [1.29, 1.82) is 0 Å². The maximum absolute atomic E-state index is 13.1. The molecule has 0 radical (unpaired) electrons. The highest BCUT2D eigenvalue weighted by Crippen LogP contribution is 2.29. The van der Waals surface area contributed by atoms with Gasteiger partial charge in [0.05, 0.1) is 19.2 Å². The highest BCUT2D eigenvalue weighted by atomic mass is 19.1. The van der Waals surface area contributed by atoms with Crippen molar-refractivity contribution >= 4 is 5.91 Å². The third kappa shape index (κ3) is 4.29. The van der Waals surface area contributed by atoms with Crippen LogP contribution in [-0.4, -0.2) is 41.0 Å².